The van der Waals surface area contributed by atoms with Crippen molar-refractivity contribution in [2.45, 2.75) is 18.9 Å². The average molecular weight is 330 g/mol. The van der Waals surface area contributed by atoms with Gasteiger partial charge in [-0.15, -0.1) is 0 Å². The van der Waals surface area contributed by atoms with E-state index in [2.05, 4.69) is 38.4 Å². The van der Waals surface area contributed by atoms with Crippen molar-refractivity contribution in [2.24, 2.45) is 0 Å². The predicted molar refractivity (Wildman–Crippen MR) is 89.9 cm³/mol. The molecule has 2 aromatic rings. The van der Waals surface area contributed by atoms with Crippen LogP contribution in [0.25, 0.3) is 0 Å². The number of sulfone groups is 1. The van der Waals surface area contributed by atoms with E-state index >= 15 is 0 Å². The molecule has 0 bridgehead atoms. The van der Waals surface area contributed by atoms with Gasteiger partial charge in [0.1, 0.15) is 5.82 Å². The molecule has 2 aliphatic heterocycles. The van der Waals surface area contributed by atoms with E-state index in [4.69, 9.17) is 0 Å². The van der Waals surface area contributed by atoms with Gasteiger partial charge in [-0.25, -0.2) is 13.4 Å². The van der Waals surface area contributed by atoms with Gasteiger partial charge < -0.3 is 10.2 Å². The molecule has 0 radical (unpaired) electrons. The van der Waals surface area contributed by atoms with Gasteiger partial charge in [0, 0.05) is 24.5 Å². The summed E-state index contributed by atoms with van der Waals surface area (Å²) in [6.45, 7) is 0.896. The zero-order valence-corrected chi connectivity index (χ0v) is 13.5. The molecular weight excluding hydrogens is 312 g/mol. The smallest absolute Gasteiger partial charge is 0.224 e. The third kappa shape index (κ3) is 2.88. The van der Waals surface area contributed by atoms with Crippen LogP contribution in [-0.4, -0.2) is 42.5 Å². The molecule has 3 heterocycles. The molecule has 2 aliphatic rings. The number of benzene rings is 1. The van der Waals surface area contributed by atoms with Crippen molar-refractivity contribution >= 4 is 27.3 Å². The summed E-state index contributed by atoms with van der Waals surface area (Å²) in [6.07, 6.45) is 3.33. The van der Waals surface area contributed by atoms with Crippen LogP contribution in [0.15, 0.2) is 36.5 Å². The molecule has 1 unspecified atom stereocenters. The molecule has 1 aromatic carbocycles. The van der Waals surface area contributed by atoms with E-state index in [1.165, 1.54) is 11.3 Å². The molecule has 1 N–H and O–H groups in total. The van der Waals surface area contributed by atoms with Crippen LogP contribution in [0.3, 0.4) is 0 Å². The lowest BCUT2D eigenvalue weighted by atomic mass is 10.2. The molecule has 120 valence electrons. The first-order chi connectivity index (χ1) is 11.1. The summed E-state index contributed by atoms with van der Waals surface area (Å²) in [5.74, 6) is 1.74. The molecule has 0 aliphatic carbocycles. The van der Waals surface area contributed by atoms with E-state index in [1.54, 1.807) is 6.20 Å². The minimum Gasteiger partial charge on any atom is -0.350 e. The third-order valence-corrected chi connectivity index (χ3v) is 6.14. The second kappa shape index (κ2) is 5.49. The maximum Gasteiger partial charge on any atom is 0.224 e. The number of rotatable bonds is 3. The Labute approximate surface area is 135 Å². The monoisotopic (exact) mass is 330 g/mol. The topological polar surface area (TPSA) is 75.2 Å². The number of nitrogens with one attached hydrogen (secondary N) is 1. The van der Waals surface area contributed by atoms with Crippen molar-refractivity contribution < 1.29 is 8.42 Å². The van der Waals surface area contributed by atoms with E-state index in [9.17, 15) is 8.42 Å². The van der Waals surface area contributed by atoms with Crippen LogP contribution in [0.5, 0.6) is 0 Å². The summed E-state index contributed by atoms with van der Waals surface area (Å²) in [5, 5.41) is 3.16. The van der Waals surface area contributed by atoms with Crippen molar-refractivity contribution in [3.63, 3.8) is 0 Å². The number of nitrogens with zero attached hydrogens (tertiary/aromatic N) is 3. The van der Waals surface area contributed by atoms with E-state index in [0.717, 1.165) is 18.8 Å². The molecule has 0 amide bonds. The Hall–Kier alpha value is -2.15. The quantitative estimate of drug-likeness (QED) is 0.924. The van der Waals surface area contributed by atoms with Crippen molar-refractivity contribution in [3.8, 4) is 0 Å². The molecule has 23 heavy (non-hydrogen) atoms. The SMILES string of the molecule is O=S1(=O)CCC(Nc2nccc(N3CCc4ccccc43)n2)C1. The maximum atomic E-state index is 11.6. The standard InChI is InChI=1S/C16H18N4O2S/c21-23(22)10-7-13(11-23)18-16-17-8-5-15(19-16)20-9-6-12-3-1-2-4-14(12)20/h1-5,8,13H,6-7,9-11H2,(H,17,18,19). The second-order valence-corrected chi connectivity index (χ2v) is 8.24. The van der Waals surface area contributed by atoms with Crippen LogP contribution in [-0.2, 0) is 16.3 Å². The van der Waals surface area contributed by atoms with Gasteiger partial charge in [0.2, 0.25) is 5.95 Å². The van der Waals surface area contributed by atoms with Crippen LogP contribution >= 0.6 is 0 Å². The van der Waals surface area contributed by atoms with Crippen LogP contribution in [0.4, 0.5) is 17.5 Å². The first-order valence-corrected chi connectivity index (χ1v) is 9.58. The largest absolute Gasteiger partial charge is 0.350 e. The molecule has 1 fully saturated rings. The molecule has 1 saturated heterocycles. The Morgan fingerprint density at radius 3 is 2.91 bits per heavy atom. The van der Waals surface area contributed by atoms with Gasteiger partial charge in [-0.1, -0.05) is 18.2 Å². The van der Waals surface area contributed by atoms with Crippen molar-refractivity contribution in [1.29, 1.82) is 0 Å². The van der Waals surface area contributed by atoms with Gasteiger partial charge in [0.15, 0.2) is 9.84 Å². The Bertz CT molecular complexity index is 837. The zero-order valence-electron chi connectivity index (χ0n) is 12.6. The van der Waals surface area contributed by atoms with Gasteiger partial charge in [0.05, 0.1) is 11.5 Å². The Balaban J connectivity index is 1.56. The lowest BCUT2D eigenvalue weighted by molar-refractivity contribution is 0.602. The number of hydrogen-bond acceptors (Lipinski definition) is 6. The number of aromatic nitrogens is 2. The molecule has 0 saturated carbocycles. The Kier molecular flexibility index (Phi) is 3.45. The molecule has 0 spiro atoms. The van der Waals surface area contributed by atoms with E-state index in [0.29, 0.717) is 12.4 Å². The highest BCUT2D eigenvalue weighted by molar-refractivity contribution is 7.91. The lowest BCUT2D eigenvalue weighted by Crippen LogP contribution is -2.23. The Morgan fingerprint density at radius 1 is 1.22 bits per heavy atom. The normalized spacial score (nSPS) is 22.1. The number of anilines is 3. The summed E-state index contributed by atoms with van der Waals surface area (Å²) in [7, 11) is -2.91. The molecule has 4 rings (SSSR count). The summed E-state index contributed by atoms with van der Waals surface area (Å²) in [5.41, 5.74) is 2.50. The highest BCUT2D eigenvalue weighted by atomic mass is 32.2. The summed E-state index contributed by atoms with van der Waals surface area (Å²) >= 11 is 0. The molecular formula is C16H18N4O2S. The summed E-state index contributed by atoms with van der Waals surface area (Å²) in [4.78, 5) is 11.0. The van der Waals surface area contributed by atoms with Crippen molar-refractivity contribution in [1.82, 2.24) is 9.97 Å². The van der Waals surface area contributed by atoms with Gasteiger partial charge in [0.25, 0.3) is 0 Å². The van der Waals surface area contributed by atoms with Crippen molar-refractivity contribution in [3.05, 3.63) is 42.1 Å². The zero-order chi connectivity index (χ0) is 15.9. The van der Waals surface area contributed by atoms with Crippen LogP contribution in [0.1, 0.15) is 12.0 Å². The van der Waals surface area contributed by atoms with Crippen molar-refractivity contribution in [2.75, 3.05) is 28.3 Å². The van der Waals surface area contributed by atoms with Gasteiger partial charge >= 0.3 is 0 Å². The number of hydrogen-bond donors (Lipinski definition) is 1. The summed E-state index contributed by atoms with van der Waals surface area (Å²) in [6, 6.07) is 10.1. The van der Waals surface area contributed by atoms with E-state index < -0.39 is 9.84 Å². The molecule has 1 atom stereocenters. The average Bonchev–Trinajstić information content (AvgIpc) is 3.11. The first-order valence-electron chi connectivity index (χ1n) is 7.76. The van der Waals surface area contributed by atoms with Crippen LogP contribution < -0.4 is 10.2 Å². The van der Waals surface area contributed by atoms with E-state index in [1.807, 2.05) is 12.1 Å². The predicted octanol–water partition coefficient (Wildman–Crippen LogP) is 1.77. The highest BCUT2D eigenvalue weighted by Gasteiger charge is 2.28. The minimum absolute atomic E-state index is 0.0962. The fourth-order valence-corrected chi connectivity index (χ4v) is 4.91. The van der Waals surface area contributed by atoms with Gasteiger partial charge in [-0.2, -0.15) is 4.98 Å². The van der Waals surface area contributed by atoms with E-state index in [-0.39, 0.29) is 17.5 Å². The van der Waals surface area contributed by atoms with Gasteiger partial charge in [-0.3, -0.25) is 0 Å². The molecule has 7 heteroatoms. The molecule has 1 aromatic heterocycles. The van der Waals surface area contributed by atoms with Gasteiger partial charge in [-0.05, 0) is 30.5 Å². The fourth-order valence-electron chi connectivity index (χ4n) is 3.24. The van der Waals surface area contributed by atoms with Crippen LogP contribution in [0.2, 0.25) is 0 Å². The van der Waals surface area contributed by atoms with Crippen LogP contribution in [0, 0.1) is 0 Å². The lowest BCUT2D eigenvalue weighted by Gasteiger charge is -2.19. The third-order valence-electron chi connectivity index (χ3n) is 4.37. The number of para-hydroxylation sites is 1. The highest BCUT2D eigenvalue weighted by Crippen LogP contribution is 2.33. The minimum atomic E-state index is -2.91. The Morgan fingerprint density at radius 2 is 2.09 bits per heavy atom. The molecule has 6 nitrogen and oxygen atoms in total. The number of fused-ring (bicyclic) bond motifs is 1. The summed E-state index contributed by atoms with van der Waals surface area (Å²) < 4.78 is 23.1. The first kappa shape index (κ1) is 14.4. The maximum absolute atomic E-state index is 11.6. The fraction of sp³-hybridized carbons (Fsp3) is 0.375. The second-order valence-electron chi connectivity index (χ2n) is 6.01.